The van der Waals surface area contributed by atoms with E-state index in [1.807, 2.05) is 13.0 Å². The molecule has 0 aliphatic carbocycles. The van der Waals surface area contributed by atoms with Crippen LogP contribution >= 0.6 is 12.2 Å². The van der Waals surface area contributed by atoms with E-state index in [1.165, 1.54) is 6.42 Å². The normalized spacial score (nSPS) is 21.1. The molecule has 0 amide bonds. The second-order valence-electron chi connectivity index (χ2n) is 6.42. The van der Waals surface area contributed by atoms with Gasteiger partial charge in [-0.25, -0.2) is 4.98 Å². The number of aryl methyl sites for hydroxylation is 1. The van der Waals surface area contributed by atoms with Crippen LogP contribution in [0, 0.1) is 18.8 Å². The molecule has 6 nitrogen and oxygen atoms in total. The third-order valence-corrected chi connectivity index (χ3v) is 4.10. The molecule has 1 aliphatic rings. The van der Waals surface area contributed by atoms with E-state index in [4.69, 9.17) is 17.0 Å². The first-order chi connectivity index (χ1) is 11.0. The molecule has 0 saturated carbocycles. The average Bonchev–Trinajstić information content (AvgIpc) is 2.46. The Morgan fingerprint density at radius 3 is 2.70 bits per heavy atom. The molecule has 2 unspecified atom stereocenters. The lowest BCUT2D eigenvalue weighted by molar-refractivity contribution is 0.204. The number of hydrogen-bond donors (Lipinski definition) is 2. The molecule has 1 aliphatic heterocycles. The molecule has 2 heterocycles. The summed E-state index contributed by atoms with van der Waals surface area (Å²) in [7, 11) is 1.66. The van der Waals surface area contributed by atoms with Crippen molar-refractivity contribution in [1.29, 1.82) is 0 Å². The number of hydrogen-bond acceptors (Lipinski definition) is 5. The van der Waals surface area contributed by atoms with E-state index in [0.29, 0.717) is 36.0 Å². The minimum Gasteiger partial charge on any atom is -0.383 e. The number of piperidine rings is 1. The van der Waals surface area contributed by atoms with Gasteiger partial charge in [0.2, 0.25) is 5.95 Å². The predicted molar refractivity (Wildman–Crippen MR) is 98.0 cm³/mol. The molecule has 1 saturated heterocycles. The van der Waals surface area contributed by atoms with Crippen LogP contribution in [0.1, 0.15) is 26.0 Å². The van der Waals surface area contributed by atoms with Crippen LogP contribution in [0.2, 0.25) is 0 Å². The zero-order valence-corrected chi connectivity index (χ0v) is 15.2. The molecule has 2 rings (SSSR count). The summed E-state index contributed by atoms with van der Waals surface area (Å²) in [5.41, 5.74) is 0.933. The van der Waals surface area contributed by atoms with Crippen LogP contribution in [0.3, 0.4) is 0 Å². The van der Waals surface area contributed by atoms with Gasteiger partial charge >= 0.3 is 0 Å². The van der Waals surface area contributed by atoms with Gasteiger partial charge in [-0.1, -0.05) is 13.8 Å². The van der Waals surface area contributed by atoms with Crippen LogP contribution in [0.25, 0.3) is 0 Å². The average molecular weight is 337 g/mol. The summed E-state index contributed by atoms with van der Waals surface area (Å²) in [4.78, 5) is 11.4. The van der Waals surface area contributed by atoms with Crippen LogP contribution < -0.4 is 15.5 Å². The highest BCUT2D eigenvalue weighted by atomic mass is 32.1. The van der Waals surface area contributed by atoms with Crippen molar-refractivity contribution in [3.05, 3.63) is 11.8 Å². The minimum atomic E-state index is 0.513. The predicted octanol–water partition coefficient (Wildman–Crippen LogP) is 2.20. The van der Waals surface area contributed by atoms with Gasteiger partial charge in [0, 0.05) is 38.5 Å². The molecule has 0 aromatic carbocycles. The number of nitrogens with one attached hydrogen (secondary N) is 2. The van der Waals surface area contributed by atoms with Gasteiger partial charge < -0.3 is 20.3 Å². The van der Waals surface area contributed by atoms with Crippen molar-refractivity contribution < 1.29 is 4.74 Å². The van der Waals surface area contributed by atoms with Crippen molar-refractivity contribution in [3.8, 4) is 0 Å². The number of anilines is 2. The van der Waals surface area contributed by atoms with E-state index >= 15 is 0 Å². The number of rotatable bonds is 5. The van der Waals surface area contributed by atoms with Crippen LogP contribution in [0.4, 0.5) is 11.8 Å². The largest absolute Gasteiger partial charge is 0.383 e. The van der Waals surface area contributed by atoms with Gasteiger partial charge in [-0.2, -0.15) is 4.98 Å². The first-order valence-electron chi connectivity index (χ1n) is 8.12. The Bertz CT molecular complexity index is 529. The summed E-state index contributed by atoms with van der Waals surface area (Å²) < 4.78 is 4.99. The molecular weight excluding hydrogens is 310 g/mol. The lowest BCUT2D eigenvalue weighted by Crippen LogP contribution is -2.39. The van der Waals surface area contributed by atoms with Crippen molar-refractivity contribution in [2.75, 3.05) is 43.6 Å². The van der Waals surface area contributed by atoms with E-state index in [1.54, 1.807) is 7.11 Å². The lowest BCUT2D eigenvalue weighted by Gasteiger charge is -2.36. The van der Waals surface area contributed by atoms with Crippen molar-refractivity contribution in [2.24, 2.45) is 11.8 Å². The smallest absolute Gasteiger partial charge is 0.231 e. The Hall–Kier alpha value is -1.47. The fourth-order valence-electron chi connectivity index (χ4n) is 3.03. The van der Waals surface area contributed by atoms with Crippen LogP contribution in [0.15, 0.2) is 6.07 Å². The fraction of sp³-hybridized carbons (Fsp3) is 0.688. The summed E-state index contributed by atoms with van der Waals surface area (Å²) in [6.45, 7) is 9.91. The standard InChI is InChI=1S/C16H27N5OS/c1-11-7-12(2)10-21(9-11)14-8-13(3)18-15(19-14)20-16(23)17-5-6-22-4/h8,11-12H,5-7,9-10H2,1-4H3,(H2,17,18,19,20,23). The zero-order chi connectivity index (χ0) is 16.8. The fourth-order valence-corrected chi connectivity index (χ4v) is 3.23. The van der Waals surface area contributed by atoms with Gasteiger partial charge in [0.1, 0.15) is 5.82 Å². The van der Waals surface area contributed by atoms with Crippen LogP contribution in [-0.2, 0) is 4.74 Å². The SMILES string of the molecule is COCCNC(=S)Nc1nc(C)cc(N2CC(C)CC(C)C2)n1. The number of ether oxygens (including phenoxy) is 1. The maximum atomic E-state index is 5.26. The molecular formula is C16H27N5OS. The van der Waals surface area contributed by atoms with Crippen LogP contribution in [0.5, 0.6) is 0 Å². The summed E-state index contributed by atoms with van der Waals surface area (Å²) in [5.74, 6) is 2.88. The van der Waals surface area contributed by atoms with Gasteiger partial charge in [0.05, 0.1) is 6.61 Å². The van der Waals surface area contributed by atoms with Crippen molar-refractivity contribution in [2.45, 2.75) is 27.2 Å². The van der Waals surface area contributed by atoms with E-state index in [9.17, 15) is 0 Å². The van der Waals surface area contributed by atoms with Crippen molar-refractivity contribution in [1.82, 2.24) is 15.3 Å². The highest BCUT2D eigenvalue weighted by Gasteiger charge is 2.23. The molecule has 1 aromatic rings. The molecule has 2 N–H and O–H groups in total. The summed E-state index contributed by atoms with van der Waals surface area (Å²) in [6, 6.07) is 2.04. The maximum absolute atomic E-state index is 5.26. The van der Waals surface area contributed by atoms with E-state index in [0.717, 1.165) is 24.6 Å². The topological polar surface area (TPSA) is 62.3 Å². The molecule has 7 heteroatoms. The first-order valence-corrected chi connectivity index (χ1v) is 8.53. The number of nitrogens with zero attached hydrogens (tertiary/aromatic N) is 3. The highest BCUT2D eigenvalue weighted by Crippen LogP contribution is 2.25. The summed E-state index contributed by atoms with van der Waals surface area (Å²) in [6.07, 6.45) is 1.28. The third-order valence-electron chi connectivity index (χ3n) is 3.85. The Balaban J connectivity index is 2.05. The Labute approximate surface area is 144 Å². The van der Waals surface area contributed by atoms with E-state index in [2.05, 4.69) is 39.3 Å². The summed E-state index contributed by atoms with van der Waals surface area (Å²) in [5, 5.41) is 6.64. The van der Waals surface area contributed by atoms with Crippen molar-refractivity contribution >= 4 is 29.1 Å². The van der Waals surface area contributed by atoms with E-state index < -0.39 is 0 Å². The molecule has 0 radical (unpaired) electrons. The lowest BCUT2D eigenvalue weighted by atomic mass is 9.92. The van der Waals surface area contributed by atoms with Gasteiger partial charge in [-0.3, -0.25) is 0 Å². The number of methoxy groups -OCH3 is 1. The molecule has 1 aromatic heterocycles. The maximum Gasteiger partial charge on any atom is 0.231 e. The highest BCUT2D eigenvalue weighted by molar-refractivity contribution is 7.80. The Morgan fingerprint density at radius 2 is 2.04 bits per heavy atom. The molecule has 1 fully saturated rings. The molecule has 0 bridgehead atoms. The Kier molecular flexibility index (Phi) is 6.53. The third kappa shape index (κ3) is 5.58. The second-order valence-corrected chi connectivity index (χ2v) is 6.82. The molecule has 0 spiro atoms. The molecule has 2 atom stereocenters. The quantitative estimate of drug-likeness (QED) is 0.631. The van der Waals surface area contributed by atoms with Crippen molar-refractivity contribution in [3.63, 3.8) is 0 Å². The number of aromatic nitrogens is 2. The molecule has 128 valence electrons. The molecule has 23 heavy (non-hydrogen) atoms. The number of thiocarbonyl (C=S) groups is 1. The van der Waals surface area contributed by atoms with Gasteiger partial charge in [-0.15, -0.1) is 0 Å². The monoisotopic (exact) mass is 337 g/mol. The zero-order valence-electron chi connectivity index (χ0n) is 14.4. The van der Waals surface area contributed by atoms with Crippen LogP contribution in [-0.4, -0.2) is 48.4 Å². The van der Waals surface area contributed by atoms with Gasteiger partial charge in [-0.05, 0) is 37.4 Å². The van der Waals surface area contributed by atoms with Gasteiger partial charge in [0.15, 0.2) is 5.11 Å². The second kappa shape index (κ2) is 8.40. The summed E-state index contributed by atoms with van der Waals surface area (Å²) >= 11 is 5.26. The minimum absolute atomic E-state index is 0.513. The Morgan fingerprint density at radius 1 is 1.35 bits per heavy atom. The first kappa shape index (κ1) is 17.9. The van der Waals surface area contributed by atoms with Gasteiger partial charge in [0.25, 0.3) is 0 Å². The van der Waals surface area contributed by atoms with E-state index in [-0.39, 0.29) is 0 Å².